The third-order valence-electron chi connectivity index (χ3n) is 3.88. The van der Waals surface area contributed by atoms with Crippen LogP contribution in [0.5, 0.6) is 0 Å². The van der Waals surface area contributed by atoms with Crippen LogP contribution in [-0.2, 0) is 11.2 Å². The monoisotopic (exact) mass is 309 g/mol. The number of aryl methyl sites for hydroxylation is 2. The van der Waals surface area contributed by atoms with E-state index < -0.39 is 0 Å². The Morgan fingerprint density at radius 3 is 2.74 bits per heavy atom. The molecule has 23 heavy (non-hydrogen) atoms. The van der Waals surface area contributed by atoms with E-state index in [0.717, 1.165) is 35.3 Å². The van der Waals surface area contributed by atoms with Crippen molar-refractivity contribution in [2.45, 2.75) is 26.2 Å². The van der Waals surface area contributed by atoms with Crippen LogP contribution in [0.25, 0.3) is 0 Å². The normalized spacial score (nSPS) is 13.5. The van der Waals surface area contributed by atoms with Gasteiger partial charge in [0, 0.05) is 23.5 Å². The largest absolute Gasteiger partial charge is 0.326 e. The van der Waals surface area contributed by atoms with Crippen LogP contribution in [0.3, 0.4) is 0 Å². The van der Waals surface area contributed by atoms with E-state index in [1.165, 1.54) is 0 Å². The Kier molecular flexibility index (Phi) is 4.28. The average Bonchev–Trinajstić information content (AvgIpc) is 2.70. The molecular weight excluding hydrogens is 290 g/mol. The molecule has 1 aliphatic rings. The highest BCUT2D eigenvalue weighted by Crippen LogP contribution is 2.25. The van der Waals surface area contributed by atoms with Crippen molar-refractivity contribution >= 4 is 29.0 Å². The van der Waals surface area contributed by atoms with Crippen LogP contribution in [0.1, 0.15) is 24.0 Å². The van der Waals surface area contributed by atoms with E-state index in [1.54, 1.807) is 6.07 Å². The highest BCUT2D eigenvalue weighted by molar-refractivity contribution is 6.00. The highest BCUT2D eigenvalue weighted by Gasteiger charge is 2.13. The quantitative estimate of drug-likeness (QED) is 0.787. The maximum absolute atomic E-state index is 12.1. The zero-order valence-corrected chi connectivity index (χ0v) is 13.0. The number of rotatable bonds is 2. The molecule has 3 amide bonds. The summed E-state index contributed by atoms with van der Waals surface area (Å²) in [5, 5.41) is 8.56. The highest BCUT2D eigenvalue weighted by atomic mass is 16.2. The molecule has 5 nitrogen and oxygen atoms in total. The number of nitrogens with one attached hydrogen (secondary N) is 3. The number of carbonyl (C=O) groups excluding carboxylic acids is 2. The summed E-state index contributed by atoms with van der Waals surface area (Å²) in [6.07, 6.45) is 2.17. The SMILES string of the molecule is Cc1ccccc1NC(=O)Nc1ccc2c(c1)CCCC(=O)N2. The van der Waals surface area contributed by atoms with Gasteiger partial charge in [-0.2, -0.15) is 0 Å². The fraction of sp³-hybridized carbons (Fsp3) is 0.222. The van der Waals surface area contributed by atoms with Gasteiger partial charge in [-0.3, -0.25) is 4.79 Å². The summed E-state index contributed by atoms with van der Waals surface area (Å²) in [7, 11) is 0. The summed E-state index contributed by atoms with van der Waals surface area (Å²) in [6, 6.07) is 12.9. The first-order chi connectivity index (χ1) is 11.1. The maximum atomic E-state index is 12.1. The Balaban J connectivity index is 1.71. The zero-order chi connectivity index (χ0) is 16.2. The fourth-order valence-electron chi connectivity index (χ4n) is 2.65. The Morgan fingerprint density at radius 1 is 1.09 bits per heavy atom. The van der Waals surface area contributed by atoms with Crippen molar-refractivity contribution in [2.75, 3.05) is 16.0 Å². The first-order valence-corrected chi connectivity index (χ1v) is 7.68. The number of para-hydroxylation sites is 1. The summed E-state index contributed by atoms with van der Waals surface area (Å²) in [4.78, 5) is 23.7. The number of hydrogen-bond donors (Lipinski definition) is 3. The van der Waals surface area contributed by atoms with Gasteiger partial charge < -0.3 is 16.0 Å². The van der Waals surface area contributed by atoms with Gasteiger partial charge >= 0.3 is 6.03 Å². The molecule has 1 heterocycles. The minimum absolute atomic E-state index is 0.0433. The molecule has 2 aromatic rings. The fourth-order valence-corrected chi connectivity index (χ4v) is 2.65. The molecule has 3 rings (SSSR count). The van der Waals surface area contributed by atoms with Crippen LogP contribution in [-0.4, -0.2) is 11.9 Å². The first-order valence-electron chi connectivity index (χ1n) is 7.68. The van der Waals surface area contributed by atoms with E-state index >= 15 is 0 Å². The summed E-state index contributed by atoms with van der Waals surface area (Å²) in [5.74, 6) is 0.0433. The molecule has 1 aliphatic heterocycles. The standard InChI is InChI=1S/C18H19N3O2/c1-12-5-2-3-7-15(12)21-18(23)19-14-9-10-16-13(11-14)6-4-8-17(22)20-16/h2-3,5,7,9-11H,4,6,8H2,1H3,(H,20,22)(H2,19,21,23). The average molecular weight is 309 g/mol. The molecule has 0 atom stereocenters. The molecule has 0 fully saturated rings. The van der Waals surface area contributed by atoms with Gasteiger partial charge in [-0.15, -0.1) is 0 Å². The van der Waals surface area contributed by atoms with Gasteiger partial charge in [-0.25, -0.2) is 4.79 Å². The molecule has 0 radical (unpaired) electrons. The molecule has 0 spiro atoms. The predicted octanol–water partition coefficient (Wildman–Crippen LogP) is 3.91. The predicted molar refractivity (Wildman–Crippen MR) is 91.8 cm³/mol. The molecule has 0 aliphatic carbocycles. The number of amides is 3. The smallest absolute Gasteiger partial charge is 0.323 e. The minimum atomic E-state index is -0.281. The first kappa shape index (κ1) is 15.1. The maximum Gasteiger partial charge on any atom is 0.323 e. The van der Waals surface area contributed by atoms with Crippen LogP contribution in [0, 0.1) is 6.92 Å². The van der Waals surface area contributed by atoms with Crippen LogP contribution < -0.4 is 16.0 Å². The van der Waals surface area contributed by atoms with Gasteiger partial charge in [0.15, 0.2) is 0 Å². The van der Waals surface area contributed by atoms with E-state index in [0.29, 0.717) is 12.1 Å². The third kappa shape index (κ3) is 3.69. The number of hydrogen-bond acceptors (Lipinski definition) is 2. The number of fused-ring (bicyclic) bond motifs is 1. The molecular formula is C18H19N3O2. The van der Waals surface area contributed by atoms with Gasteiger partial charge in [0.1, 0.15) is 0 Å². The molecule has 118 valence electrons. The Bertz CT molecular complexity index is 756. The van der Waals surface area contributed by atoms with Crippen molar-refractivity contribution in [3.8, 4) is 0 Å². The van der Waals surface area contributed by atoms with Crippen LogP contribution >= 0.6 is 0 Å². The van der Waals surface area contributed by atoms with Crippen LogP contribution in [0.15, 0.2) is 42.5 Å². The zero-order valence-electron chi connectivity index (χ0n) is 13.0. The summed E-state index contributed by atoms with van der Waals surface area (Å²) in [5.41, 5.74) is 4.38. The summed E-state index contributed by atoms with van der Waals surface area (Å²) in [6.45, 7) is 1.95. The van der Waals surface area contributed by atoms with Gasteiger partial charge in [0.2, 0.25) is 5.91 Å². The third-order valence-corrected chi connectivity index (χ3v) is 3.88. The van der Waals surface area contributed by atoms with E-state index in [1.807, 2.05) is 43.3 Å². The molecule has 0 saturated carbocycles. The van der Waals surface area contributed by atoms with Crippen molar-refractivity contribution in [1.29, 1.82) is 0 Å². The molecule has 5 heteroatoms. The molecule has 3 N–H and O–H groups in total. The van der Waals surface area contributed by atoms with Crippen molar-refractivity contribution in [3.05, 3.63) is 53.6 Å². The molecule has 0 saturated heterocycles. The topological polar surface area (TPSA) is 70.2 Å². The molecule has 0 bridgehead atoms. The summed E-state index contributed by atoms with van der Waals surface area (Å²) < 4.78 is 0. The molecule has 0 aromatic heterocycles. The second-order valence-corrected chi connectivity index (χ2v) is 5.67. The Morgan fingerprint density at radius 2 is 1.91 bits per heavy atom. The lowest BCUT2D eigenvalue weighted by Crippen LogP contribution is -2.20. The lowest BCUT2D eigenvalue weighted by molar-refractivity contribution is -0.116. The van der Waals surface area contributed by atoms with Crippen molar-refractivity contribution in [2.24, 2.45) is 0 Å². The van der Waals surface area contributed by atoms with E-state index in [9.17, 15) is 9.59 Å². The number of benzene rings is 2. The Hall–Kier alpha value is -2.82. The lowest BCUT2D eigenvalue weighted by Gasteiger charge is -2.12. The number of carbonyl (C=O) groups is 2. The summed E-state index contributed by atoms with van der Waals surface area (Å²) >= 11 is 0. The van der Waals surface area contributed by atoms with Crippen LogP contribution in [0.2, 0.25) is 0 Å². The number of urea groups is 1. The van der Waals surface area contributed by atoms with E-state index in [2.05, 4.69) is 16.0 Å². The van der Waals surface area contributed by atoms with Crippen molar-refractivity contribution in [1.82, 2.24) is 0 Å². The van der Waals surface area contributed by atoms with E-state index in [-0.39, 0.29) is 11.9 Å². The molecule has 0 unspecified atom stereocenters. The minimum Gasteiger partial charge on any atom is -0.326 e. The second-order valence-electron chi connectivity index (χ2n) is 5.67. The van der Waals surface area contributed by atoms with Gasteiger partial charge in [-0.1, -0.05) is 18.2 Å². The van der Waals surface area contributed by atoms with Gasteiger partial charge in [0.25, 0.3) is 0 Å². The van der Waals surface area contributed by atoms with E-state index in [4.69, 9.17) is 0 Å². The molecule has 2 aromatic carbocycles. The Labute approximate surface area is 135 Å². The lowest BCUT2D eigenvalue weighted by atomic mass is 10.1. The van der Waals surface area contributed by atoms with Gasteiger partial charge in [0.05, 0.1) is 0 Å². The van der Waals surface area contributed by atoms with Crippen molar-refractivity contribution < 1.29 is 9.59 Å². The van der Waals surface area contributed by atoms with Crippen LogP contribution in [0.4, 0.5) is 21.9 Å². The number of anilines is 3. The second kappa shape index (κ2) is 6.52. The van der Waals surface area contributed by atoms with Crippen molar-refractivity contribution in [3.63, 3.8) is 0 Å². The van der Waals surface area contributed by atoms with Gasteiger partial charge in [-0.05, 0) is 55.2 Å².